The zero-order chi connectivity index (χ0) is 6.69. The van der Waals surface area contributed by atoms with Gasteiger partial charge in [0.15, 0.2) is 0 Å². The second-order valence-corrected chi connectivity index (χ2v) is 4.51. The van der Waals surface area contributed by atoms with E-state index in [2.05, 4.69) is 25.6 Å². The topological polar surface area (TPSA) is 0 Å². The molecule has 1 aliphatic heterocycles. The molecule has 0 aromatic heterocycles. The molecule has 1 heterocycles. The Morgan fingerprint density at radius 1 is 1.56 bits per heavy atom. The molecule has 54 valence electrons. The van der Waals surface area contributed by atoms with E-state index in [1.807, 2.05) is 0 Å². The van der Waals surface area contributed by atoms with Crippen molar-refractivity contribution in [3.63, 3.8) is 0 Å². The van der Waals surface area contributed by atoms with E-state index in [0.29, 0.717) is 0 Å². The van der Waals surface area contributed by atoms with Crippen molar-refractivity contribution in [2.24, 2.45) is 11.8 Å². The van der Waals surface area contributed by atoms with E-state index in [1.165, 1.54) is 24.3 Å². The normalized spacial score (nSPS) is 27.7. The Labute approximate surface area is 62.4 Å². The zero-order valence-corrected chi connectivity index (χ0v) is 7.21. The van der Waals surface area contributed by atoms with Crippen LogP contribution in [-0.2, 0) is 0 Å². The van der Waals surface area contributed by atoms with Gasteiger partial charge in [-0.3, -0.25) is 0 Å². The lowest BCUT2D eigenvalue weighted by Gasteiger charge is -2.09. The highest BCUT2D eigenvalue weighted by atomic mass is 32.2. The number of thioether (sulfide) groups is 1. The minimum atomic E-state index is 0.911. The fraction of sp³-hybridized carbons (Fsp3) is 1.00. The zero-order valence-electron chi connectivity index (χ0n) is 6.39. The minimum absolute atomic E-state index is 0.911. The van der Waals surface area contributed by atoms with Gasteiger partial charge in [-0.15, -0.1) is 0 Å². The van der Waals surface area contributed by atoms with Gasteiger partial charge in [-0.1, -0.05) is 13.8 Å². The summed E-state index contributed by atoms with van der Waals surface area (Å²) in [5.74, 6) is 4.80. The van der Waals surface area contributed by atoms with E-state index in [9.17, 15) is 0 Å². The third-order valence-electron chi connectivity index (χ3n) is 1.83. The standard InChI is InChI=1S/C8H16S/c1-7(2)5-8-3-4-9-6-8/h7-8H,3-6H2,1-2H3/t8-/m1/s1. The Kier molecular flexibility index (Phi) is 2.90. The smallest absolute Gasteiger partial charge is 0.00387 e. The van der Waals surface area contributed by atoms with Crippen LogP contribution in [0.2, 0.25) is 0 Å². The summed E-state index contributed by atoms with van der Waals surface area (Å²) in [6.45, 7) is 4.64. The lowest BCUT2D eigenvalue weighted by Crippen LogP contribution is -2.01. The fourth-order valence-corrected chi connectivity index (χ4v) is 2.74. The summed E-state index contributed by atoms with van der Waals surface area (Å²) >= 11 is 2.12. The van der Waals surface area contributed by atoms with E-state index in [1.54, 1.807) is 0 Å². The molecule has 0 bridgehead atoms. The summed E-state index contributed by atoms with van der Waals surface area (Å²) in [6, 6.07) is 0. The second kappa shape index (κ2) is 3.50. The number of hydrogen-bond acceptors (Lipinski definition) is 1. The van der Waals surface area contributed by atoms with Crippen molar-refractivity contribution in [2.45, 2.75) is 26.7 Å². The molecule has 0 saturated carbocycles. The molecule has 0 aromatic rings. The predicted octanol–water partition coefficient (Wildman–Crippen LogP) is 2.79. The summed E-state index contributed by atoms with van der Waals surface area (Å²) < 4.78 is 0. The van der Waals surface area contributed by atoms with Crippen molar-refractivity contribution in [2.75, 3.05) is 11.5 Å². The van der Waals surface area contributed by atoms with Crippen molar-refractivity contribution < 1.29 is 0 Å². The average molecular weight is 144 g/mol. The van der Waals surface area contributed by atoms with Gasteiger partial charge in [0, 0.05) is 0 Å². The van der Waals surface area contributed by atoms with Crippen LogP contribution in [0.15, 0.2) is 0 Å². The highest BCUT2D eigenvalue weighted by Crippen LogP contribution is 2.28. The first-order valence-corrected chi connectivity index (χ1v) is 5.02. The van der Waals surface area contributed by atoms with Gasteiger partial charge in [-0.25, -0.2) is 0 Å². The first-order chi connectivity index (χ1) is 4.29. The molecule has 1 rings (SSSR count). The van der Waals surface area contributed by atoms with E-state index < -0.39 is 0 Å². The molecule has 1 fully saturated rings. The monoisotopic (exact) mass is 144 g/mol. The molecule has 0 aromatic carbocycles. The lowest BCUT2D eigenvalue weighted by molar-refractivity contribution is 0.447. The molecule has 1 heteroatoms. The van der Waals surface area contributed by atoms with E-state index in [-0.39, 0.29) is 0 Å². The second-order valence-electron chi connectivity index (χ2n) is 3.36. The van der Waals surface area contributed by atoms with Crippen LogP contribution in [0.5, 0.6) is 0 Å². The van der Waals surface area contributed by atoms with Gasteiger partial charge in [0.2, 0.25) is 0 Å². The highest BCUT2D eigenvalue weighted by Gasteiger charge is 2.15. The van der Waals surface area contributed by atoms with Gasteiger partial charge in [-0.2, -0.15) is 11.8 Å². The van der Waals surface area contributed by atoms with Crippen LogP contribution in [0.4, 0.5) is 0 Å². The first kappa shape index (κ1) is 7.46. The van der Waals surface area contributed by atoms with Crippen LogP contribution in [-0.4, -0.2) is 11.5 Å². The summed E-state index contributed by atoms with van der Waals surface area (Å²) in [7, 11) is 0. The number of rotatable bonds is 2. The molecular weight excluding hydrogens is 128 g/mol. The van der Waals surface area contributed by atoms with E-state index >= 15 is 0 Å². The summed E-state index contributed by atoms with van der Waals surface area (Å²) in [4.78, 5) is 0. The Morgan fingerprint density at radius 2 is 2.33 bits per heavy atom. The summed E-state index contributed by atoms with van der Waals surface area (Å²) in [5, 5.41) is 0. The van der Waals surface area contributed by atoms with Gasteiger partial charge in [0.25, 0.3) is 0 Å². The predicted molar refractivity (Wildman–Crippen MR) is 44.9 cm³/mol. The molecule has 1 saturated heterocycles. The highest BCUT2D eigenvalue weighted by molar-refractivity contribution is 7.99. The molecule has 0 spiro atoms. The van der Waals surface area contributed by atoms with Crippen molar-refractivity contribution in [1.82, 2.24) is 0 Å². The van der Waals surface area contributed by atoms with Gasteiger partial charge in [-0.05, 0) is 36.2 Å². The summed E-state index contributed by atoms with van der Waals surface area (Å²) in [5.41, 5.74) is 0. The Morgan fingerprint density at radius 3 is 2.78 bits per heavy atom. The maximum Gasteiger partial charge on any atom is -0.00387 e. The third kappa shape index (κ3) is 2.61. The van der Waals surface area contributed by atoms with Gasteiger partial charge in [0.05, 0.1) is 0 Å². The van der Waals surface area contributed by atoms with Crippen molar-refractivity contribution in [1.29, 1.82) is 0 Å². The maximum absolute atomic E-state index is 2.32. The molecule has 9 heavy (non-hydrogen) atoms. The molecule has 0 unspecified atom stereocenters. The molecule has 0 N–H and O–H groups in total. The molecule has 0 nitrogen and oxygen atoms in total. The SMILES string of the molecule is CC(C)C[C@H]1CCSC1. The van der Waals surface area contributed by atoms with Crippen LogP contribution >= 0.6 is 11.8 Å². The molecule has 0 aliphatic carbocycles. The molecular formula is C8H16S. The van der Waals surface area contributed by atoms with E-state index in [4.69, 9.17) is 0 Å². The quantitative estimate of drug-likeness (QED) is 0.574. The Balaban J connectivity index is 2.11. The maximum atomic E-state index is 2.32. The Bertz CT molecular complexity index is 72.6. The largest absolute Gasteiger partial charge is 0.162 e. The van der Waals surface area contributed by atoms with Crippen LogP contribution in [0, 0.1) is 11.8 Å². The van der Waals surface area contributed by atoms with Crippen LogP contribution in [0.25, 0.3) is 0 Å². The van der Waals surface area contributed by atoms with E-state index in [0.717, 1.165) is 11.8 Å². The van der Waals surface area contributed by atoms with Crippen LogP contribution in [0.1, 0.15) is 26.7 Å². The molecule has 0 radical (unpaired) electrons. The summed E-state index contributed by atoms with van der Waals surface area (Å²) in [6.07, 6.45) is 2.93. The molecule has 1 aliphatic rings. The lowest BCUT2D eigenvalue weighted by atomic mass is 9.97. The van der Waals surface area contributed by atoms with Crippen molar-refractivity contribution in [3.05, 3.63) is 0 Å². The molecule has 1 atom stereocenters. The minimum Gasteiger partial charge on any atom is -0.162 e. The third-order valence-corrected chi connectivity index (χ3v) is 3.06. The first-order valence-electron chi connectivity index (χ1n) is 3.87. The average Bonchev–Trinajstić information content (AvgIpc) is 2.15. The Hall–Kier alpha value is 0.350. The van der Waals surface area contributed by atoms with Crippen LogP contribution < -0.4 is 0 Å². The van der Waals surface area contributed by atoms with Gasteiger partial charge >= 0.3 is 0 Å². The molecule has 0 amide bonds. The van der Waals surface area contributed by atoms with Gasteiger partial charge < -0.3 is 0 Å². The van der Waals surface area contributed by atoms with Crippen molar-refractivity contribution >= 4 is 11.8 Å². The fourth-order valence-electron chi connectivity index (χ4n) is 1.44. The van der Waals surface area contributed by atoms with Crippen LogP contribution in [0.3, 0.4) is 0 Å². The van der Waals surface area contributed by atoms with Crippen molar-refractivity contribution in [3.8, 4) is 0 Å². The number of hydrogen-bond donors (Lipinski definition) is 0. The van der Waals surface area contributed by atoms with Gasteiger partial charge in [0.1, 0.15) is 0 Å².